The number of benzene rings is 6. The Labute approximate surface area is 339 Å². The lowest BCUT2D eigenvalue weighted by Crippen LogP contribution is -2.20. The molecular formula is C51H38N2. The Morgan fingerprint density at radius 3 is 1.91 bits per heavy atom. The van der Waals surface area contributed by atoms with Gasteiger partial charge in [0, 0.05) is 28.4 Å². The molecule has 0 fully saturated rings. The molecule has 0 bridgehead atoms. The monoisotopic (exact) mass is 698 g/mol. The molecule has 2 nitrogen and oxygen atoms in total. The van der Waals surface area contributed by atoms with E-state index in [4.69, 9.17) is 20.6 Å². The third kappa shape index (κ3) is 5.17. The number of aromatic nitrogens is 2. The van der Waals surface area contributed by atoms with Crippen molar-refractivity contribution < 1.29 is 27.4 Å². The van der Waals surface area contributed by atoms with Gasteiger partial charge in [-0.05, 0) is 79.1 Å². The van der Waals surface area contributed by atoms with Crippen LogP contribution in [0.15, 0.2) is 182 Å². The van der Waals surface area contributed by atoms with E-state index in [2.05, 4.69) is 29.9 Å². The van der Waals surface area contributed by atoms with Crippen molar-refractivity contribution in [3.8, 4) is 44.9 Å². The molecule has 3 aliphatic rings. The van der Waals surface area contributed by atoms with Crippen molar-refractivity contribution in [1.82, 2.24) is 9.97 Å². The number of fused-ring (bicyclic) bond motifs is 5. The van der Waals surface area contributed by atoms with Crippen LogP contribution in [0.4, 0.5) is 0 Å². The third-order valence-electron chi connectivity index (χ3n) is 10.1. The Hall–Kier alpha value is -6.38. The second-order valence-electron chi connectivity index (χ2n) is 13.4. The highest BCUT2D eigenvalue weighted by atomic mass is 14.9. The summed E-state index contributed by atoms with van der Waals surface area (Å²) in [7, 11) is 0. The fourth-order valence-corrected chi connectivity index (χ4v) is 7.57. The van der Waals surface area contributed by atoms with Gasteiger partial charge in [0.2, 0.25) is 0 Å². The van der Waals surface area contributed by atoms with Crippen LogP contribution in [-0.2, 0) is 5.41 Å². The summed E-state index contributed by atoms with van der Waals surface area (Å²) in [6, 6.07) is 3.59. The van der Waals surface area contributed by atoms with Gasteiger partial charge < -0.3 is 0 Å². The number of rotatable bonds is 5. The summed E-state index contributed by atoms with van der Waals surface area (Å²) in [5, 5.41) is 1.93. The van der Waals surface area contributed by atoms with Gasteiger partial charge >= 0.3 is 0 Å². The van der Waals surface area contributed by atoms with Crippen LogP contribution in [0.5, 0.6) is 0 Å². The molecule has 2 heteroatoms. The van der Waals surface area contributed by atoms with Crippen LogP contribution in [0.2, 0.25) is 0 Å². The average Bonchev–Trinajstić information content (AvgIpc) is 3.60. The Bertz CT molecular complexity index is 3790. The Balaban J connectivity index is 1.34. The number of hydrogen-bond donors (Lipinski definition) is 0. The Morgan fingerprint density at radius 2 is 1.15 bits per heavy atom. The SMILES string of the molecule is [2H]C1=C([2H])C2C(c3cc(-c4c([2H])c([2H])c([2H])c([2H])c4-c4c([2H])c([2H])c([2H])c([2H])c4[2H])nc(-c4c([2H])c([2H])c([2H])c([2H])c4[2H])n3)=C([2H])C([2H])=C(c3cccc4c3-c3cc5ccccc5cc3C4(C)C)C2C([2H])=C1[2H]. The summed E-state index contributed by atoms with van der Waals surface area (Å²) in [5.41, 5.74) is -0.371. The molecule has 7 aromatic rings. The van der Waals surface area contributed by atoms with E-state index in [0.717, 1.165) is 33.5 Å². The standard InChI is InChI=1S/C51H38N2/c1-51(2)45-27-15-26-43(49(45)44-30-35-20-9-10-21-36(35)31-46(44)51)40-28-29-42(39-24-13-12-23-38(39)40)48-32-47(52-50(53-48)34-18-7-4-8-19-34)41-25-14-11-22-37(41)33-16-5-3-6-17-33/h3-32,38-39H,1-2H3/i3D,4D,5D,6D,7D,8D,11D,12D,13D,14D,16D,17D,18D,19D,22D,23D,24D,25D,28D,29D. The summed E-state index contributed by atoms with van der Waals surface area (Å²) in [4.78, 5) is 9.22. The average molecular weight is 699 g/mol. The highest BCUT2D eigenvalue weighted by Crippen LogP contribution is 2.54. The van der Waals surface area contributed by atoms with Crippen molar-refractivity contribution in [3.63, 3.8) is 0 Å². The van der Waals surface area contributed by atoms with Crippen LogP contribution >= 0.6 is 0 Å². The zero-order chi connectivity index (χ0) is 52.9. The van der Waals surface area contributed by atoms with Crippen LogP contribution < -0.4 is 0 Å². The quantitative estimate of drug-likeness (QED) is 0.179. The summed E-state index contributed by atoms with van der Waals surface area (Å²) in [5.74, 6) is -3.63. The lowest BCUT2D eigenvalue weighted by Gasteiger charge is -2.33. The molecule has 1 aromatic heterocycles. The fourth-order valence-electron chi connectivity index (χ4n) is 7.57. The topological polar surface area (TPSA) is 25.8 Å². The molecule has 2 unspecified atom stereocenters. The minimum absolute atomic E-state index is 0.0974. The number of nitrogens with zero attached hydrogens (tertiary/aromatic N) is 2. The van der Waals surface area contributed by atoms with E-state index in [0.29, 0.717) is 11.1 Å². The molecule has 0 N–H and O–H groups in total. The van der Waals surface area contributed by atoms with E-state index >= 15 is 0 Å². The summed E-state index contributed by atoms with van der Waals surface area (Å²) >= 11 is 0. The van der Waals surface area contributed by atoms with Crippen LogP contribution in [0.3, 0.4) is 0 Å². The van der Waals surface area contributed by atoms with Crippen LogP contribution in [-0.4, -0.2) is 9.97 Å². The van der Waals surface area contributed by atoms with Crippen LogP contribution in [0.25, 0.3) is 66.8 Å². The van der Waals surface area contributed by atoms with Gasteiger partial charge in [-0.25, -0.2) is 9.97 Å². The van der Waals surface area contributed by atoms with E-state index in [1.54, 1.807) is 12.1 Å². The molecule has 2 atom stereocenters. The predicted octanol–water partition coefficient (Wildman–Crippen LogP) is 12.8. The summed E-state index contributed by atoms with van der Waals surface area (Å²) < 4.78 is 179. The van der Waals surface area contributed by atoms with Gasteiger partial charge in [-0.15, -0.1) is 0 Å². The third-order valence-corrected chi connectivity index (χ3v) is 10.1. The smallest absolute Gasteiger partial charge is 0.160 e. The fraction of sp³-hybridized carbons (Fsp3) is 0.0980. The lowest BCUT2D eigenvalue weighted by atomic mass is 9.71. The summed E-state index contributed by atoms with van der Waals surface area (Å²) in [6.45, 7) is 4.13. The van der Waals surface area contributed by atoms with Crippen molar-refractivity contribution in [2.45, 2.75) is 19.3 Å². The Morgan fingerprint density at radius 1 is 0.528 bits per heavy atom. The first-order valence-electron chi connectivity index (χ1n) is 26.9. The molecule has 0 spiro atoms. The number of hydrogen-bond acceptors (Lipinski definition) is 2. The van der Waals surface area contributed by atoms with Gasteiger partial charge in [0.05, 0.1) is 38.8 Å². The van der Waals surface area contributed by atoms with Crippen molar-refractivity contribution >= 4 is 21.9 Å². The summed E-state index contributed by atoms with van der Waals surface area (Å²) in [6.07, 6.45) is 0. The normalized spacial score (nSPS) is 24.3. The van der Waals surface area contributed by atoms with Gasteiger partial charge in [-0.2, -0.15) is 0 Å². The largest absolute Gasteiger partial charge is 0.228 e. The van der Waals surface area contributed by atoms with Crippen LogP contribution in [0, 0.1) is 11.8 Å². The molecule has 10 rings (SSSR count). The zero-order valence-electron chi connectivity index (χ0n) is 48.3. The van der Waals surface area contributed by atoms with E-state index in [-0.39, 0.29) is 11.1 Å². The molecule has 6 aromatic carbocycles. The number of allylic oxidation sites excluding steroid dienone is 8. The first-order chi connectivity index (χ1) is 34.3. The first-order valence-corrected chi connectivity index (χ1v) is 16.9. The minimum atomic E-state index is -1.55. The molecular weight excluding hydrogens is 641 g/mol. The molecule has 0 saturated heterocycles. The van der Waals surface area contributed by atoms with Crippen molar-refractivity contribution in [2.75, 3.05) is 0 Å². The molecule has 0 saturated carbocycles. The molecule has 0 radical (unpaired) electrons. The molecule has 1 heterocycles. The highest BCUT2D eigenvalue weighted by Gasteiger charge is 2.39. The van der Waals surface area contributed by atoms with Gasteiger partial charge in [0.15, 0.2) is 5.82 Å². The van der Waals surface area contributed by atoms with Crippen molar-refractivity contribution in [3.05, 3.63) is 204 Å². The van der Waals surface area contributed by atoms with E-state index in [1.165, 1.54) is 0 Å². The molecule has 53 heavy (non-hydrogen) atoms. The van der Waals surface area contributed by atoms with Crippen LogP contribution in [0.1, 0.15) is 63.6 Å². The lowest BCUT2D eigenvalue weighted by molar-refractivity contribution is 0.660. The first kappa shape index (κ1) is 17.0. The van der Waals surface area contributed by atoms with E-state index in [1.807, 2.05) is 36.4 Å². The second-order valence-corrected chi connectivity index (χ2v) is 13.4. The van der Waals surface area contributed by atoms with E-state index < -0.39 is 178 Å². The van der Waals surface area contributed by atoms with Crippen molar-refractivity contribution in [1.29, 1.82) is 0 Å². The zero-order valence-corrected chi connectivity index (χ0v) is 28.3. The minimum Gasteiger partial charge on any atom is -0.228 e. The maximum Gasteiger partial charge on any atom is 0.160 e. The Kier molecular flexibility index (Phi) is 3.97. The second kappa shape index (κ2) is 12.4. The van der Waals surface area contributed by atoms with Gasteiger partial charge in [0.25, 0.3) is 0 Å². The molecule has 252 valence electrons. The predicted molar refractivity (Wildman–Crippen MR) is 221 cm³/mol. The van der Waals surface area contributed by atoms with E-state index in [9.17, 15) is 6.85 Å². The molecule has 3 aliphatic carbocycles. The molecule has 0 aliphatic heterocycles. The molecule has 0 amide bonds. The van der Waals surface area contributed by atoms with Gasteiger partial charge in [-0.3, -0.25) is 0 Å². The maximum atomic E-state index is 9.95. The van der Waals surface area contributed by atoms with Crippen molar-refractivity contribution in [2.24, 2.45) is 11.8 Å². The maximum absolute atomic E-state index is 9.95. The van der Waals surface area contributed by atoms with Gasteiger partial charge in [-0.1, -0.05) is 177 Å². The van der Waals surface area contributed by atoms with Gasteiger partial charge in [0.1, 0.15) is 0 Å². The highest BCUT2D eigenvalue weighted by molar-refractivity contribution is 5.98.